The third-order valence-corrected chi connectivity index (χ3v) is 3.45. The zero-order chi connectivity index (χ0) is 11.4. The summed E-state index contributed by atoms with van der Waals surface area (Å²) >= 11 is 0. The first-order valence-electron chi connectivity index (χ1n) is 6.29. The summed E-state index contributed by atoms with van der Waals surface area (Å²) in [6.45, 7) is 3.30. The Hall–Kier alpha value is -0.890. The molecule has 1 N–H and O–H groups in total. The monoisotopic (exact) mass is 221 g/mol. The summed E-state index contributed by atoms with van der Waals surface area (Å²) in [5.41, 5.74) is 0.899. The zero-order valence-corrected chi connectivity index (χ0v) is 9.88. The van der Waals surface area contributed by atoms with E-state index in [-0.39, 0.29) is 5.82 Å². The van der Waals surface area contributed by atoms with Crippen molar-refractivity contribution in [1.82, 2.24) is 5.32 Å². The van der Waals surface area contributed by atoms with Gasteiger partial charge >= 0.3 is 0 Å². The predicted octanol–water partition coefficient (Wildman–Crippen LogP) is 3.46. The van der Waals surface area contributed by atoms with Crippen molar-refractivity contribution in [3.8, 4) is 0 Å². The summed E-state index contributed by atoms with van der Waals surface area (Å²) in [6.07, 6.45) is 4.65. The number of benzene rings is 1. The second kappa shape index (κ2) is 5.44. The Morgan fingerprint density at radius 2 is 2.06 bits per heavy atom. The Bertz CT molecular complexity index is 331. The standard InChI is InChI=1S/C14H20FN/c1-2-3-8-16-12-9-11(10-12)13-6-4-5-7-14(13)15/h4-7,11-12,16H,2-3,8-10H2,1H3. The topological polar surface area (TPSA) is 12.0 Å². The summed E-state index contributed by atoms with van der Waals surface area (Å²) in [5, 5.41) is 3.52. The van der Waals surface area contributed by atoms with E-state index in [9.17, 15) is 4.39 Å². The van der Waals surface area contributed by atoms with Crippen molar-refractivity contribution in [2.75, 3.05) is 6.54 Å². The molecule has 1 saturated carbocycles. The fraction of sp³-hybridized carbons (Fsp3) is 0.571. The van der Waals surface area contributed by atoms with Crippen LogP contribution in [-0.4, -0.2) is 12.6 Å². The summed E-state index contributed by atoms with van der Waals surface area (Å²) < 4.78 is 13.5. The number of unbranched alkanes of at least 4 members (excludes halogenated alkanes) is 1. The number of halogens is 1. The first-order valence-corrected chi connectivity index (χ1v) is 6.29. The Labute approximate surface area is 97.1 Å². The van der Waals surface area contributed by atoms with Crippen LogP contribution in [0.1, 0.15) is 44.1 Å². The molecule has 1 aliphatic rings. The van der Waals surface area contributed by atoms with Crippen LogP contribution in [-0.2, 0) is 0 Å². The first-order chi connectivity index (χ1) is 7.81. The maximum absolute atomic E-state index is 13.5. The van der Waals surface area contributed by atoms with Crippen LogP contribution in [0.15, 0.2) is 24.3 Å². The molecule has 0 unspecified atom stereocenters. The van der Waals surface area contributed by atoms with Crippen molar-refractivity contribution >= 4 is 0 Å². The van der Waals surface area contributed by atoms with Crippen LogP contribution in [0.25, 0.3) is 0 Å². The van der Waals surface area contributed by atoms with Crippen LogP contribution in [0.5, 0.6) is 0 Å². The van der Waals surface area contributed by atoms with Crippen LogP contribution in [0.4, 0.5) is 4.39 Å². The van der Waals surface area contributed by atoms with E-state index >= 15 is 0 Å². The van der Waals surface area contributed by atoms with Gasteiger partial charge < -0.3 is 5.32 Å². The lowest BCUT2D eigenvalue weighted by molar-refractivity contribution is 0.285. The minimum absolute atomic E-state index is 0.0421. The average Bonchev–Trinajstić information content (AvgIpc) is 2.23. The van der Waals surface area contributed by atoms with E-state index in [0.29, 0.717) is 12.0 Å². The molecule has 2 rings (SSSR count). The fourth-order valence-corrected chi connectivity index (χ4v) is 2.33. The van der Waals surface area contributed by atoms with Crippen LogP contribution in [0.2, 0.25) is 0 Å². The van der Waals surface area contributed by atoms with E-state index < -0.39 is 0 Å². The van der Waals surface area contributed by atoms with Gasteiger partial charge in [0.05, 0.1) is 0 Å². The van der Waals surface area contributed by atoms with Crippen molar-refractivity contribution in [2.45, 2.75) is 44.6 Å². The second-order valence-electron chi connectivity index (χ2n) is 4.69. The van der Waals surface area contributed by atoms with Crippen molar-refractivity contribution in [2.24, 2.45) is 0 Å². The van der Waals surface area contributed by atoms with Crippen molar-refractivity contribution < 1.29 is 4.39 Å². The lowest BCUT2D eigenvalue weighted by atomic mass is 9.75. The molecule has 2 heteroatoms. The molecule has 0 amide bonds. The number of nitrogens with one attached hydrogen (secondary N) is 1. The molecular weight excluding hydrogens is 201 g/mol. The van der Waals surface area contributed by atoms with E-state index in [1.165, 1.54) is 12.8 Å². The Morgan fingerprint density at radius 1 is 1.31 bits per heavy atom. The smallest absolute Gasteiger partial charge is 0.126 e. The van der Waals surface area contributed by atoms with Gasteiger partial charge in [-0.2, -0.15) is 0 Å². The van der Waals surface area contributed by atoms with Crippen LogP contribution >= 0.6 is 0 Å². The molecule has 88 valence electrons. The molecule has 1 nitrogen and oxygen atoms in total. The quantitative estimate of drug-likeness (QED) is 0.751. The lowest BCUT2D eigenvalue weighted by Gasteiger charge is -2.36. The Morgan fingerprint density at radius 3 is 2.75 bits per heavy atom. The largest absolute Gasteiger partial charge is 0.314 e. The van der Waals surface area contributed by atoms with Gasteiger partial charge in [-0.25, -0.2) is 4.39 Å². The van der Waals surface area contributed by atoms with Crippen LogP contribution < -0.4 is 5.32 Å². The molecule has 0 spiro atoms. The highest BCUT2D eigenvalue weighted by molar-refractivity contribution is 5.24. The average molecular weight is 221 g/mol. The van der Waals surface area contributed by atoms with E-state index in [1.807, 2.05) is 12.1 Å². The third-order valence-electron chi connectivity index (χ3n) is 3.45. The predicted molar refractivity (Wildman–Crippen MR) is 65.1 cm³/mol. The summed E-state index contributed by atoms with van der Waals surface area (Å²) in [6, 6.07) is 7.77. The first kappa shape index (κ1) is 11.6. The van der Waals surface area contributed by atoms with Gasteiger partial charge in [-0.1, -0.05) is 31.5 Å². The number of rotatable bonds is 5. The van der Waals surface area contributed by atoms with Crippen LogP contribution in [0.3, 0.4) is 0 Å². The van der Waals surface area contributed by atoms with Crippen molar-refractivity contribution in [3.05, 3.63) is 35.6 Å². The minimum atomic E-state index is -0.0421. The number of hydrogen-bond donors (Lipinski definition) is 1. The van der Waals surface area contributed by atoms with Gasteiger partial charge in [0.25, 0.3) is 0 Å². The highest BCUT2D eigenvalue weighted by Gasteiger charge is 2.31. The molecule has 0 saturated heterocycles. The van der Waals surface area contributed by atoms with Gasteiger partial charge in [-0.3, -0.25) is 0 Å². The number of hydrogen-bond acceptors (Lipinski definition) is 1. The molecular formula is C14H20FN. The molecule has 0 bridgehead atoms. The van der Waals surface area contributed by atoms with Crippen LogP contribution in [0, 0.1) is 5.82 Å². The molecule has 0 aromatic heterocycles. The maximum Gasteiger partial charge on any atom is 0.126 e. The van der Waals surface area contributed by atoms with Gasteiger partial charge in [-0.15, -0.1) is 0 Å². The molecule has 0 atom stereocenters. The van der Waals surface area contributed by atoms with Gasteiger partial charge in [0.15, 0.2) is 0 Å². The summed E-state index contributed by atoms with van der Waals surface area (Å²) in [5.74, 6) is 0.389. The lowest BCUT2D eigenvalue weighted by Crippen LogP contribution is -2.40. The summed E-state index contributed by atoms with van der Waals surface area (Å²) in [4.78, 5) is 0. The molecule has 0 radical (unpaired) electrons. The fourth-order valence-electron chi connectivity index (χ4n) is 2.33. The molecule has 16 heavy (non-hydrogen) atoms. The maximum atomic E-state index is 13.5. The van der Waals surface area contributed by atoms with Gasteiger partial charge in [-0.05, 0) is 43.4 Å². The molecule has 1 aliphatic carbocycles. The summed E-state index contributed by atoms with van der Waals surface area (Å²) in [7, 11) is 0. The SMILES string of the molecule is CCCCNC1CC(c2ccccc2F)C1. The van der Waals surface area contributed by atoms with Gasteiger partial charge in [0, 0.05) is 6.04 Å². The molecule has 1 aromatic carbocycles. The van der Waals surface area contributed by atoms with E-state index in [4.69, 9.17) is 0 Å². The van der Waals surface area contributed by atoms with Crippen molar-refractivity contribution in [1.29, 1.82) is 0 Å². The molecule has 1 fully saturated rings. The molecule has 0 aliphatic heterocycles. The highest BCUT2D eigenvalue weighted by atomic mass is 19.1. The third kappa shape index (κ3) is 2.62. The highest BCUT2D eigenvalue weighted by Crippen LogP contribution is 2.37. The van der Waals surface area contributed by atoms with Gasteiger partial charge in [0.2, 0.25) is 0 Å². The van der Waals surface area contributed by atoms with E-state index in [0.717, 1.165) is 24.9 Å². The Balaban J connectivity index is 1.78. The second-order valence-corrected chi connectivity index (χ2v) is 4.69. The zero-order valence-electron chi connectivity index (χ0n) is 9.88. The van der Waals surface area contributed by atoms with E-state index in [2.05, 4.69) is 12.2 Å². The van der Waals surface area contributed by atoms with Gasteiger partial charge in [0.1, 0.15) is 5.82 Å². The molecule has 0 heterocycles. The normalized spacial score (nSPS) is 24.1. The van der Waals surface area contributed by atoms with Crippen molar-refractivity contribution in [3.63, 3.8) is 0 Å². The Kier molecular flexibility index (Phi) is 3.94. The van der Waals surface area contributed by atoms with E-state index in [1.54, 1.807) is 12.1 Å². The molecule has 1 aromatic rings. The minimum Gasteiger partial charge on any atom is -0.314 e.